The molecule has 2 unspecified atom stereocenters. The van der Waals surface area contributed by atoms with Crippen LogP contribution in [0.5, 0.6) is 11.5 Å². The lowest BCUT2D eigenvalue weighted by Gasteiger charge is -2.31. The maximum atomic E-state index is 13.9. The van der Waals surface area contributed by atoms with Crippen molar-refractivity contribution in [2.75, 3.05) is 26.4 Å². The van der Waals surface area contributed by atoms with Crippen molar-refractivity contribution in [3.8, 4) is 11.5 Å². The molecule has 262 valence electrons. The molecule has 4 aromatic carbocycles. The van der Waals surface area contributed by atoms with Gasteiger partial charge in [0.2, 0.25) is 18.6 Å². The smallest absolute Gasteiger partial charge is 0.261 e. The first kappa shape index (κ1) is 35.7. The molecule has 0 aliphatic carbocycles. The number of carbonyl (C=O) groups excluding carboxylic acids is 4. The average Bonchev–Trinajstić information content (AvgIpc) is 3.70. The van der Waals surface area contributed by atoms with Gasteiger partial charge in [0, 0.05) is 47.7 Å². The highest BCUT2D eigenvalue weighted by atomic mass is 35.5. The summed E-state index contributed by atoms with van der Waals surface area (Å²) in [4.78, 5) is 55.6. The van der Waals surface area contributed by atoms with Crippen molar-refractivity contribution in [3.05, 3.63) is 135 Å². The highest BCUT2D eigenvalue weighted by Gasteiger charge is 2.35. The van der Waals surface area contributed by atoms with Gasteiger partial charge in [0.15, 0.2) is 11.5 Å². The van der Waals surface area contributed by atoms with Gasteiger partial charge in [-0.3, -0.25) is 24.1 Å². The zero-order valence-corrected chi connectivity index (χ0v) is 29.0. The Hall–Kier alpha value is -5.16. The monoisotopic (exact) mass is 727 g/mol. The second-order valence-corrected chi connectivity index (χ2v) is 13.0. The molecule has 2 atom stereocenters. The average molecular weight is 729 g/mol. The highest BCUT2D eigenvalue weighted by molar-refractivity contribution is 6.37. The minimum atomic E-state index is -1.20. The van der Waals surface area contributed by atoms with E-state index < -0.39 is 29.9 Å². The second kappa shape index (κ2) is 16.2. The van der Waals surface area contributed by atoms with Gasteiger partial charge in [-0.25, -0.2) is 0 Å². The Morgan fingerprint density at radius 1 is 0.863 bits per heavy atom. The van der Waals surface area contributed by atoms with Gasteiger partial charge in [0.25, 0.3) is 11.8 Å². The number of ether oxygens (including phenoxy) is 2. The van der Waals surface area contributed by atoms with Crippen LogP contribution in [0.2, 0.25) is 10.0 Å². The van der Waals surface area contributed by atoms with E-state index in [1.54, 1.807) is 48.5 Å². The van der Waals surface area contributed by atoms with E-state index in [1.807, 2.05) is 42.5 Å². The van der Waals surface area contributed by atoms with Crippen LogP contribution in [0, 0.1) is 0 Å². The van der Waals surface area contributed by atoms with Gasteiger partial charge >= 0.3 is 0 Å². The van der Waals surface area contributed by atoms with Gasteiger partial charge in [-0.1, -0.05) is 77.8 Å². The summed E-state index contributed by atoms with van der Waals surface area (Å²) in [6.45, 7) is 0.0713. The Balaban J connectivity index is 1.19. The van der Waals surface area contributed by atoms with Gasteiger partial charge in [-0.2, -0.15) is 0 Å². The minimum Gasteiger partial charge on any atom is -0.454 e. The molecule has 4 amide bonds. The molecule has 0 bridgehead atoms. The molecule has 0 radical (unpaired) electrons. The number of rotatable bonds is 14. The summed E-state index contributed by atoms with van der Waals surface area (Å²) in [5.74, 6) is -0.528. The summed E-state index contributed by atoms with van der Waals surface area (Å²) in [6, 6.07) is 25.7. The summed E-state index contributed by atoms with van der Waals surface area (Å²) in [7, 11) is 0. The summed E-state index contributed by atoms with van der Waals surface area (Å²) in [5, 5.41) is 15.3. The van der Waals surface area contributed by atoms with Crippen molar-refractivity contribution in [3.63, 3.8) is 0 Å². The Morgan fingerprint density at radius 3 is 2.24 bits per heavy atom. The number of benzene rings is 4. The van der Waals surface area contributed by atoms with E-state index in [0.717, 1.165) is 16.0 Å². The largest absolute Gasteiger partial charge is 0.454 e. The lowest BCUT2D eigenvalue weighted by molar-refractivity contribution is -0.133. The first-order valence-corrected chi connectivity index (χ1v) is 17.2. The molecule has 2 N–H and O–H groups in total. The van der Waals surface area contributed by atoms with E-state index in [9.17, 15) is 24.3 Å². The van der Waals surface area contributed by atoms with E-state index in [0.29, 0.717) is 44.7 Å². The molecule has 6 rings (SSSR count). The van der Waals surface area contributed by atoms with Crippen molar-refractivity contribution in [2.24, 2.45) is 0 Å². The number of aliphatic hydroxyl groups excluding tert-OH is 1. The number of fused-ring (bicyclic) bond motifs is 2. The van der Waals surface area contributed by atoms with Gasteiger partial charge < -0.3 is 24.8 Å². The predicted molar refractivity (Wildman–Crippen MR) is 193 cm³/mol. The molecule has 4 aromatic rings. The molecular weight excluding hydrogens is 693 g/mol. The van der Waals surface area contributed by atoms with Gasteiger partial charge in [0.05, 0.1) is 23.3 Å². The molecule has 0 aromatic heterocycles. The van der Waals surface area contributed by atoms with Gasteiger partial charge in [-0.15, -0.1) is 0 Å². The van der Waals surface area contributed by atoms with Crippen LogP contribution in [0.4, 0.5) is 0 Å². The zero-order chi connectivity index (χ0) is 35.9. The predicted octanol–water partition coefficient (Wildman–Crippen LogP) is 5.58. The van der Waals surface area contributed by atoms with Crippen LogP contribution in [-0.2, 0) is 22.4 Å². The number of hydrogen-bond donors (Lipinski definition) is 2. The number of imide groups is 1. The fourth-order valence-corrected chi connectivity index (χ4v) is 6.57. The quantitative estimate of drug-likeness (QED) is 0.128. The first-order chi connectivity index (χ1) is 24.7. The summed E-state index contributed by atoms with van der Waals surface area (Å²) in [6.07, 6.45) is 2.13. The second-order valence-electron chi connectivity index (χ2n) is 12.2. The van der Waals surface area contributed by atoms with Gasteiger partial charge in [0.1, 0.15) is 0 Å². The molecule has 10 nitrogen and oxygen atoms in total. The van der Waals surface area contributed by atoms with Crippen LogP contribution in [0.15, 0.2) is 97.1 Å². The Labute approximate surface area is 305 Å². The van der Waals surface area contributed by atoms with Crippen LogP contribution in [0.3, 0.4) is 0 Å². The maximum absolute atomic E-state index is 13.9. The number of carbonyl (C=O) groups is 4. The number of nitrogens with zero attached hydrogens (tertiary/aromatic N) is 2. The van der Waals surface area contributed by atoms with E-state index >= 15 is 0 Å². The molecule has 0 fully saturated rings. The number of amides is 4. The van der Waals surface area contributed by atoms with Crippen molar-refractivity contribution < 1.29 is 33.8 Å². The van der Waals surface area contributed by atoms with E-state index in [1.165, 1.54) is 17.1 Å². The molecule has 0 spiro atoms. The fraction of sp³-hybridized carbons (Fsp3) is 0.231. The van der Waals surface area contributed by atoms with Crippen LogP contribution in [0.25, 0.3) is 6.08 Å². The normalized spacial score (nSPS) is 14.5. The standard InChI is InChI=1S/C39H35Cl2N3O7/c40-30-11-6-12-31(41)29(30)14-16-36(46)42-32(21-25-7-2-1-3-8-25)33(45)23-43(19-17-26-13-15-34-35(22-26)51-24-50-34)37(47)18-20-44-38(48)27-9-4-5-10-28(27)39(44)49/h1-16,22,32-33,45H,17-21,23-24H2,(H,42,46). The molecule has 2 aliphatic rings. The lowest BCUT2D eigenvalue weighted by atomic mass is 10.00. The van der Waals surface area contributed by atoms with E-state index in [-0.39, 0.29) is 45.2 Å². The first-order valence-electron chi connectivity index (χ1n) is 16.4. The number of halogens is 2. The fourth-order valence-electron chi connectivity index (χ4n) is 6.05. The third kappa shape index (κ3) is 8.60. The third-order valence-corrected chi connectivity index (χ3v) is 9.45. The SMILES string of the molecule is O=C(C=Cc1c(Cl)cccc1Cl)NC(Cc1ccccc1)C(O)CN(CCc1ccc2c(c1)OCO2)C(=O)CCN1C(=O)c2ccccc2C1=O. The topological polar surface area (TPSA) is 125 Å². The van der Waals surface area contributed by atoms with Crippen LogP contribution in [0.1, 0.15) is 43.8 Å². The van der Waals surface area contributed by atoms with Crippen molar-refractivity contribution in [1.82, 2.24) is 15.1 Å². The number of aliphatic hydroxyl groups is 1. The van der Waals surface area contributed by atoms with E-state index in [4.69, 9.17) is 32.7 Å². The Morgan fingerprint density at radius 2 is 1.53 bits per heavy atom. The van der Waals surface area contributed by atoms with Crippen LogP contribution < -0.4 is 14.8 Å². The van der Waals surface area contributed by atoms with Crippen LogP contribution in [-0.4, -0.2) is 77.1 Å². The van der Waals surface area contributed by atoms with Crippen LogP contribution >= 0.6 is 23.2 Å². The molecule has 0 saturated carbocycles. The Bertz CT molecular complexity index is 1910. The highest BCUT2D eigenvalue weighted by Crippen LogP contribution is 2.33. The van der Waals surface area contributed by atoms with E-state index in [2.05, 4.69) is 5.32 Å². The third-order valence-electron chi connectivity index (χ3n) is 8.79. The maximum Gasteiger partial charge on any atom is 0.261 e. The molecule has 51 heavy (non-hydrogen) atoms. The molecule has 12 heteroatoms. The summed E-state index contributed by atoms with van der Waals surface area (Å²) >= 11 is 12.5. The molecule has 0 saturated heterocycles. The van der Waals surface area contributed by atoms with Gasteiger partial charge in [-0.05, 0) is 66.4 Å². The number of hydrogen-bond acceptors (Lipinski definition) is 7. The number of nitrogens with one attached hydrogen (secondary N) is 1. The lowest BCUT2D eigenvalue weighted by Crippen LogP contribution is -2.51. The summed E-state index contributed by atoms with van der Waals surface area (Å²) < 4.78 is 10.9. The Kier molecular flexibility index (Phi) is 11.4. The van der Waals surface area contributed by atoms with Crippen molar-refractivity contribution in [2.45, 2.75) is 31.4 Å². The van der Waals surface area contributed by atoms with Crippen molar-refractivity contribution in [1.29, 1.82) is 0 Å². The minimum absolute atomic E-state index is 0.124. The zero-order valence-electron chi connectivity index (χ0n) is 27.5. The van der Waals surface area contributed by atoms with Crippen molar-refractivity contribution >= 4 is 52.9 Å². The molecular formula is C39H35Cl2N3O7. The molecule has 2 heterocycles. The summed E-state index contributed by atoms with van der Waals surface area (Å²) in [5.41, 5.74) is 2.83. The molecule has 2 aliphatic heterocycles.